The molecule has 0 bridgehead atoms. The van der Waals surface area contributed by atoms with E-state index < -0.39 is 0 Å². The Labute approximate surface area is 68.6 Å². The average molecular weight is 155 g/mol. The number of rotatable bonds is 5. The van der Waals surface area contributed by atoms with Crippen LogP contribution in [0.2, 0.25) is 0 Å². The molecule has 0 unspecified atom stereocenters. The Morgan fingerprint density at radius 1 is 1.55 bits per heavy atom. The smallest absolute Gasteiger partial charge is 0.133 e. The van der Waals surface area contributed by atoms with Crippen molar-refractivity contribution in [2.75, 3.05) is 13.1 Å². The van der Waals surface area contributed by atoms with Crippen LogP contribution < -0.4 is 0 Å². The third kappa shape index (κ3) is 3.02. The summed E-state index contributed by atoms with van der Waals surface area (Å²) in [7, 11) is 0. The fraction of sp³-hybridized carbons (Fsp3) is 0.889. The summed E-state index contributed by atoms with van der Waals surface area (Å²) in [5, 5.41) is 0. The van der Waals surface area contributed by atoms with E-state index in [0.29, 0.717) is 12.5 Å². The molecule has 0 aromatic carbocycles. The van der Waals surface area contributed by atoms with Crippen LogP contribution in [0.3, 0.4) is 0 Å². The molecule has 1 aliphatic rings. The Hall–Kier alpha value is -0.370. The predicted octanol–water partition coefficient (Wildman–Crippen LogP) is 1.31. The first kappa shape index (κ1) is 8.72. The molecule has 11 heavy (non-hydrogen) atoms. The van der Waals surface area contributed by atoms with E-state index in [9.17, 15) is 4.79 Å². The second kappa shape index (κ2) is 3.86. The number of carbonyl (C=O) groups is 1. The van der Waals surface area contributed by atoms with E-state index in [1.54, 1.807) is 0 Å². The summed E-state index contributed by atoms with van der Waals surface area (Å²) in [4.78, 5) is 12.6. The maximum absolute atomic E-state index is 10.3. The summed E-state index contributed by atoms with van der Waals surface area (Å²) in [5.74, 6) is 0.676. The first-order valence-corrected chi connectivity index (χ1v) is 4.41. The zero-order valence-corrected chi connectivity index (χ0v) is 7.42. The van der Waals surface area contributed by atoms with Crippen LogP contribution in [0.25, 0.3) is 0 Å². The monoisotopic (exact) mass is 155 g/mol. The zero-order valence-electron chi connectivity index (χ0n) is 7.42. The van der Waals surface area contributed by atoms with Gasteiger partial charge >= 0.3 is 0 Å². The van der Waals surface area contributed by atoms with Crippen LogP contribution in [0.1, 0.15) is 26.7 Å². The lowest BCUT2D eigenvalue weighted by atomic mass is 10.2. The van der Waals surface area contributed by atoms with Crippen molar-refractivity contribution < 1.29 is 4.79 Å². The SMILES string of the molecule is CC(C)CN(CC=O)C1CC1. The molecule has 0 radical (unpaired) electrons. The minimum atomic E-state index is 0.628. The van der Waals surface area contributed by atoms with Gasteiger partial charge in [-0.2, -0.15) is 0 Å². The summed E-state index contributed by atoms with van der Waals surface area (Å²) in [6, 6.07) is 0.725. The van der Waals surface area contributed by atoms with Gasteiger partial charge in [-0.3, -0.25) is 4.90 Å². The molecule has 1 aliphatic carbocycles. The highest BCUT2D eigenvalue weighted by Crippen LogP contribution is 2.26. The highest BCUT2D eigenvalue weighted by molar-refractivity contribution is 5.52. The molecule has 0 N–H and O–H groups in total. The topological polar surface area (TPSA) is 20.3 Å². The minimum Gasteiger partial charge on any atom is -0.302 e. The Morgan fingerprint density at radius 3 is 2.55 bits per heavy atom. The van der Waals surface area contributed by atoms with Crippen LogP contribution in [-0.4, -0.2) is 30.3 Å². The van der Waals surface area contributed by atoms with Crippen LogP contribution in [0.4, 0.5) is 0 Å². The molecule has 64 valence electrons. The van der Waals surface area contributed by atoms with Crippen molar-refractivity contribution in [2.45, 2.75) is 32.7 Å². The summed E-state index contributed by atoms with van der Waals surface area (Å²) in [6.07, 6.45) is 3.60. The first-order valence-electron chi connectivity index (χ1n) is 4.41. The van der Waals surface area contributed by atoms with Gasteiger partial charge in [0.2, 0.25) is 0 Å². The van der Waals surface area contributed by atoms with Crippen molar-refractivity contribution in [3.05, 3.63) is 0 Å². The second-order valence-electron chi connectivity index (χ2n) is 3.75. The molecule has 0 aromatic rings. The molecule has 0 aromatic heterocycles. The van der Waals surface area contributed by atoms with Gasteiger partial charge in [-0.15, -0.1) is 0 Å². The van der Waals surface area contributed by atoms with Crippen LogP contribution in [-0.2, 0) is 4.79 Å². The van der Waals surface area contributed by atoms with E-state index in [1.807, 2.05) is 0 Å². The molecule has 0 heterocycles. The Bertz CT molecular complexity index is 130. The molecule has 1 rings (SSSR count). The highest BCUT2D eigenvalue weighted by Gasteiger charge is 2.28. The number of hydrogen-bond donors (Lipinski definition) is 0. The fourth-order valence-electron chi connectivity index (χ4n) is 1.38. The van der Waals surface area contributed by atoms with Crippen molar-refractivity contribution in [3.63, 3.8) is 0 Å². The van der Waals surface area contributed by atoms with Gasteiger partial charge in [0.05, 0.1) is 6.54 Å². The molecule has 1 saturated carbocycles. The zero-order chi connectivity index (χ0) is 8.27. The maximum atomic E-state index is 10.3. The third-order valence-corrected chi connectivity index (χ3v) is 1.97. The van der Waals surface area contributed by atoms with Gasteiger partial charge in [-0.1, -0.05) is 13.8 Å². The Kier molecular flexibility index (Phi) is 3.06. The molecular weight excluding hydrogens is 138 g/mol. The normalized spacial score (nSPS) is 17.8. The van der Waals surface area contributed by atoms with Crippen LogP contribution in [0.5, 0.6) is 0 Å². The fourth-order valence-corrected chi connectivity index (χ4v) is 1.38. The van der Waals surface area contributed by atoms with Gasteiger partial charge in [-0.25, -0.2) is 0 Å². The molecule has 0 saturated heterocycles. The highest BCUT2D eigenvalue weighted by atomic mass is 16.1. The first-order chi connectivity index (χ1) is 5.24. The van der Waals surface area contributed by atoms with Gasteiger partial charge < -0.3 is 4.79 Å². The average Bonchev–Trinajstić information content (AvgIpc) is 2.66. The third-order valence-electron chi connectivity index (χ3n) is 1.97. The lowest BCUT2D eigenvalue weighted by Crippen LogP contribution is -2.31. The number of hydrogen-bond acceptors (Lipinski definition) is 2. The summed E-state index contributed by atoms with van der Waals surface area (Å²) in [5.41, 5.74) is 0. The van der Waals surface area contributed by atoms with Gasteiger partial charge in [0, 0.05) is 12.6 Å². The van der Waals surface area contributed by atoms with Gasteiger partial charge in [-0.05, 0) is 18.8 Å². The summed E-state index contributed by atoms with van der Waals surface area (Å²) < 4.78 is 0. The lowest BCUT2D eigenvalue weighted by molar-refractivity contribution is -0.109. The van der Waals surface area contributed by atoms with Crippen molar-refractivity contribution in [3.8, 4) is 0 Å². The molecule has 2 heteroatoms. The Balaban J connectivity index is 2.25. The van der Waals surface area contributed by atoms with Gasteiger partial charge in [0.1, 0.15) is 6.29 Å². The molecule has 1 fully saturated rings. The van der Waals surface area contributed by atoms with E-state index >= 15 is 0 Å². The van der Waals surface area contributed by atoms with Crippen molar-refractivity contribution >= 4 is 6.29 Å². The van der Waals surface area contributed by atoms with E-state index in [1.165, 1.54) is 12.8 Å². The van der Waals surface area contributed by atoms with Gasteiger partial charge in [0.25, 0.3) is 0 Å². The number of nitrogens with zero attached hydrogens (tertiary/aromatic N) is 1. The van der Waals surface area contributed by atoms with E-state index in [4.69, 9.17) is 0 Å². The van der Waals surface area contributed by atoms with Crippen LogP contribution in [0, 0.1) is 5.92 Å². The molecule has 0 amide bonds. The largest absolute Gasteiger partial charge is 0.302 e. The lowest BCUT2D eigenvalue weighted by Gasteiger charge is -2.20. The molecule has 2 nitrogen and oxygen atoms in total. The molecule has 0 spiro atoms. The van der Waals surface area contributed by atoms with Crippen molar-refractivity contribution in [1.29, 1.82) is 0 Å². The molecule has 0 atom stereocenters. The van der Waals surface area contributed by atoms with E-state index in [0.717, 1.165) is 18.9 Å². The summed E-state index contributed by atoms with van der Waals surface area (Å²) >= 11 is 0. The quantitative estimate of drug-likeness (QED) is 0.558. The van der Waals surface area contributed by atoms with Gasteiger partial charge in [0.15, 0.2) is 0 Å². The minimum absolute atomic E-state index is 0.628. The van der Waals surface area contributed by atoms with E-state index in [-0.39, 0.29) is 0 Å². The number of aldehydes is 1. The standard InChI is InChI=1S/C9H17NO/c1-8(2)7-10(5-6-11)9-3-4-9/h6,8-9H,3-5,7H2,1-2H3. The van der Waals surface area contributed by atoms with Crippen LogP contribution >= 0.6 is 0 Å². The predicted molar refractivity (Wildman–Crippen MR) is 45.5 cm³/mol. The molecule has 0 aliphatic heterocycles. The van der Waals surface area contributed by atoms with Crippen LogP contribution in [0.15, 0.2) is 0 Å². The van der Waals surface area contributed by atoms with Crippen molar-refractivity contribution in [2.24, 2.45) is 5.92 Å². The van der Waals surface area contributed by atoms with Crippen molar-refractivity contribution in [1.82, 2.24) is 4.90 Å². The maximum Gasteiger partial charge on any atom is 0.133 e. The summed E-state index contributed by atoms with van der Waals surface area (Å²) in [6.45, 7) is 6.09. The second-order valence-corrected chi connectivity index (χ2v) is 3.75. The number of carbonyl (C=O) groups excluding carboxylic acids is 1. The Morgan fingerprint density at radius 2 is 2.18 bits per heavy atom. The molecular formula is C9H17NO. The van der Waals surface area contributed by atoms with E-state index in [2.05, 4.69) is 18.7 Å².